The maximum absolute atomic E-state index is 12.5. The maximum Gasteiger partial charge on any atom is 0.255 e. The van der Waals surface area contributed by atoms with E-state index in [1.165, 1.54) is 6.07 Å². The number of nitrogen functional groups attached to an aromatic ring is 1. The minimum absolute atomic E-state index is 0.00433. The highest BCUT2D eigenvalue weighted by molar-refractivity contribution is 6.33. The molecule has 1 aromatic rings. The van der Waals surface area contributed by atoms with Gasteiger partial charge in [0, 0.05) is 31.7 Å². The van der Waals surface area contributed by atoms with Crippen molar-refractivity contribution >= 4 is 23.2 Å². The first-order valence-corrected chi connectivity index (χ1v) is 9.08. The van der Waals surface area contributed by atoms with Gasteiger partial charge < -0.3 is 25.8 Å². The number of anilines is 1. The van der Waals surface area contributed by atoms with Gasteiger partial charge in [-0.15, -0.1) is 0 Å². The molecule has 0 saturated carbocycles. The molecule has 7 heteroatoms. The van der Waals surface area contributed by atoms with Crippen molar-refractivity contribution in [2.75, 3.05) is 38.5 Å². The summed E-state index contributed by atoms with van der Waals surface area (Å²) in [4.78, 5) is 14.8. The average Bonchev–Trinajstić information content (AvgIpc) is 2.60. The lowest BCUT2D eigenvalue weighted by Crippen LogP contribution is -2.35. The predicted molar refractivity (Wildman–Crippen MR) is 102 cm³/mol. The number of ether oxygens (including phenoxy) is 1. The summed E-state index contributed by atoms with van der Waals surface area (Å²) in [5.74, 6) is 0.0402. The van der Waals surface area contributed by atoms with Crippen molar-refractivity contribution in [1.29, 1.82) is 0 Å². The molecule has 0 spiro atoms. The number of amides is 1. The van der Waals surface area contributed by atoms with Crippen molar-refractivity contribution in [2.24, 2.45) is 5.92 Å². The molecule has 142 valence electrons. The standard InChI is InChI=1S/C18H30ClN3O3/c1-5-22(6-2)8-7-21-18(24)14-9-15(19)16(20)10-17(14)25-13(4)12(3)11-23/h9-10,12-13,23H,5-8,11,20H2,1-4H3,(H,21,24). The summed E-state index contributed by atoms with van der Waals surface area (Å²) in [5, 5.41) is 12.5. The Kier molecular flexibility index (Phi) is 9.03. The summed E-state index contributed by atoms with van der Waals surface area (Å²) >= 11 is 6.08. The zero-order chi connectivity index (χ0) is 19.0. The van der Waals surface area contributed by atoms with Crippen LogP contribution in [0.15, 0.2) is 12.1 Å². The van der Waals surface area contributed by atoms with Crippen LogP contribution in [0.1, 0.15) is 38.1 Å². The van der Waals surface area contributed by atoms with Crippen molar-refractivity contribution in [2.45, 2.75) is 33.8 Å². The number of nitrogens with one attached hydrogen (secondary N) is 1. The van der Waals surface area contributed by atoms with Crippen LogP contribution in [-0.2, 0) is 0 Å². The number of benzene rings is 1. The van der Waals surface area contributed by atoms with Gasteiger partial charge in [0.05, 0.1) is 16.3 Å². The number of hydrogen-bond donors (Lipinski definition) is 3. The molecule has 0 heterocycles. The van der Waals surface area contributed by atoms with Gasteiger partial charge in [-0.2, -0.15) is 0 Å². The van der Waals surface area contributed by atoms with Gasteiger partial charge in [-0.05, 0) is 26.1 Å². The third kappa shape index (κ3) is 6.38. The molecule has 0 bridgehead atoms. The van der Waals surface area contributed by atoms with Crippen LogP contribution >= 0.6 is 11.6 Å². The van der Waals surface area contributed by atoms with Crippen molar-refractivity contribution in [3.63, 3.8) is 0 Å². The zero-order valence-electron chi connectivity index (χ0n) is 15.5. The number of aliphatic hydroxyl groups is 1. The summed E-state index contributed by atoms with van der Waals surface area (Å²) in [5.41, 5.74) is 6.54. The van der Waals surface area contributed by atoms with Gasteiger partial charge in [0.25, 0.3) is 5.91 Å². The highest BCUT2D eigenvalue weighted by Crippen LogP contribution is 2.30. The largest absolute Gasteiger partial charge is 0.489 e. The fourth-order valence-corrected chi connectivity index (χ4v) is 2.44. The van der Waals surface area contributed by atoms with Crippen LogP contribution in [0.3, 0.4) is 0 Å². The van der Waals surface area contributed by atoms with E-state index in [4.69, 9.17) is 22.1 Å². The molecule has 1 aromatic carbocycles. The van der Waals surface area contributed by atoms with Gasteiger partial charge in [-0.25, -0.2) is 0 Å². The first kappa shape index (κ1) is 21.5. The van der Waals surface area contributed by atoms with E-state index in [0.29, 0.717) is 28.6 Å². The Morgan fingerprint density at radius 3 is 2.56 bits per heavy atom. The van der Waals surface area contributed by atoms with Crippen LogP contribution in [-0.4, -0.2) is 54.8 Å². The molecule has 2 atom stereocenters. The fourth-order valence-electron chi connectivity index (χ4n) is 2.27. The molecule has 6 nitrogen and oxygen atoms in total. The summed E-state index contributed by atoms with van der Waals surface area (Å²) < 4.78 is 5.85. The molecular weight excluding hydrogens is 342 g/mol. The van der Waals surface area contributed by atoms with E-state index < -0.39 is 0 Å². The minimum Gasteiger partial charge on any atom is -0.489 e. The molecule has 1 amide bonds. The highest BCUT2D eigenvalue weighted by atomic mass is 35.5. The lowest BCUT2D eigenvalue weighted by Gasteiger charge is -2.22. The molecule has 0 aromatic heterocycles. The number of halogens is 1. The van der Waals surface area contributed by atoms with E-state index in [1.54, 1.807) is 6.07 Å². The Bertz CT molecular complexity index is 565. The molecule has 25 heavy (non-hydrogen) atoms. The van der Waals surface area contributed by atoms with Crippen LogP contribution in [0.5, 0.6) is 5.75 Å². The molecule has 2 unspecified atom stereocenters. The molecule has 4 N–H and O–H groups in total. The Morgan fingerprint density at radius 1 is 1.36 bits per heavy atom. The summed E-state index contributed by atoms with van der Waals surface area (Å²) in [6, 6.07) is 3.08. The number of rotatable bonds is 10. The van der Waals surface area contributed by atoms with Crippen LogP contribution in [0, 0.1) is 5.92 Å². The second-order valence-electron chi connectivity index (χ2n) is 6.14. The molecule has 0 aliphatic carbocycles. The first-order chi connectivity index (χ1) is 11.8. The Morgan fingerprint density at radius 2 is 2.00 bits per heavy atom. The van der Waals surface area contributed by atoms with E-state index in [0.717, 1.165) is 19.6 Å². The topological polar surface area (TPSA) is 87.8 Å². The molecule has 0 aliphatic heterocycles. The molecular formula is C18H30ClN3O3. The lowest BCUT2D eigenvalue weighted by atomic mass is 10.1. The third-order valence-corrected chi connectivity index (χ3v) is 4.68. The summed E-state index contributed by atoms with van der Waals surface area (Å²) in [7, 11) is 0. The van der Waals surface area contributed by atoms with Crippen molar-refractivity contribution < 1.29 is 14.6 Å². The lowest BCUT2D eigenvalue weighted by molar-refractivity contribution is 0.0921. The molecule has 1 rings (SSSR count). The number of hydrogen-bond acceptors (Lipinski definition) is 5. The van der Waals surface area contributed by atoms with E-state index in [1.807, 2.05) is 13.8 Å². The van der Waals surface area contributed by atoms with Crippen molar-refractivity contribution in [1.82, 2.24) is 10.2 Å². The normalized spacial score (nSPS) is 13.6. The van der Waals surface area contributed by atoms with E-state index in [9.17, 15) is 9.90 Å². The zero-order valence-corrected chi connectivity index (χ0v) is 16.3. The van der Waals surface area contributed by atoms with E-state index >= 15 is 0 Å². The average molecular weight is 372 g/mol. The fraction of sp³-hybridized carbons (Fsp3) is 0.611. The van der Waals surface area contributed by atoms with Crippen LogP contribution in [0.25, 0.3) is 0 Å². The van der Waals surface area contributed by atoms with Gasteiger partial charge in [0.2, 0.25) is 0 Å². The monoisotopic (exact) mass is 371 g/mol. The van der Waals surface area contributed by atoms with Gasteiger partial charge >= 0.3 is 0 Å². The van der Waals surface area contributed by atoms with Crippen LogP contribution < -0.4 is 15.8 Å². The first-order valence-electron chi connectivity index (χ1n) is 8.71. The number of likely N-dealkylation sites (N-methyl/N-ethyl adjacent to an activating group) is 1. The van der Waals surface area contributed by atoms with Gasteiger partial charge in [-0.3, -0.25) is 4.79 Å². The van der Waals surface area contributed by atoms with Crippen LogP contribution in [0.2, 0.25) is 5.02 Å². The summed E-state index contributed by atoms with van der Waals surface area (Å²) in [6.07, 6.45) is -0.271. The SMILES string of the molecule is CCN(CC)CCNC(=O)c1cc(Cl)c(N)cc1OC(C)C(C)CO. The van der Waals surface area contributed by atoms with Gasteiger partial charge in [-0.1, -0.05) is 32.4 Å². The highest BCUT2D eigenvalue weighted by Gasteiger charge is 2.20. The number of nitrogens with two attached hydrogens (primary N) is 1. The maximum atomic E-state index is 12.5. The van der Waals surface area contributed by atoms with Crippen LogP contribution in [0.4, 0.5) is 5.69 Å². The van der Waals surface area contributed by atoms with Crippen molar-refractivity contribution in [3.8, 4) is 5.75 Å². The number of carbonyl (C=O) groups excluding carboxylic acids is 1. The number of carbonyl (C=O) groups is 1. The van der Waals surface area contributed by atoms with Crippen molar-refractivity contribution in [3.05, 3.63) is 22.7 Å². The minimum atomic E-state index is -0.271. The van der Waals surface area contributed by atoms with Gasteiger partial charge in [0.15, 0.2) is 0 Å². The summed E-state index contributed by atoms with van der Waals surface area (Å²) in [6.45, 7) is 11.1. The second-order valence-corrected chi connectivity index (χ2v) is 6.54. The molecule has 0 radical (unpaired) electrons. The van der Waals surface area contributed by atoms with E-state index in [-0.39, 0.29) is 24.5 Å². The second kappa shape index (κ2) is 10.5. The van der Waals surface area contributed by atoms with Gasteiger partial charge in [0.1, 0.15) is 11.9 Å². The Balaban J connectivity index is 2.89. The predicted octanol–water partition coefficient (Wildman–Crippen LogP) is 2.39. The molecule has 0 fully saturated rings. The van der Waals surface area contributed by atoms with E-state index in [2.05, 4.69) is 24.1 Å². The number of aliphatic hydroxyl groups excluding tert-OH is 1. The number of nitrogens with zero attached hydrogens (tertiary/aromatic N) is 1. The Hall–Kier alpha value is -1.50. The third-order valence-electron chi connectivity index (χ3n) is 4.35. The Labute approximate surface area is 155 Å². The smallest absolute Gasteiger partial charge is 0.255 e. The molecule has 0 aliphatic rings. The quantitative estimate of drug-likeness (QED) is 0.549. The molecule has 0 saturated heterocycles.